The zero-order valence-corrected chi connectivity index (χ0v) is 20.6. The Morgan fingerprint density at radius 1 is 1.08 bits per heavy atom. The van der Waals surface area contributed by atoms with Crippen molar-refractivity contribution in [3.8, 4) is 17.6 Å². The van der Waals surface area contributed by atoms with Gasteiger partial charge in [0, 0.05) is 29.3 Å². The predicted octanol–water partition coefficient (Wildman–Crippen LogP) is 4.60. The van der Waals surface area contributed by atoms with Gasteiger partial charge in [-0.05, 0) is 66.1 Å². The Hall–Kier alpha value is -5.10. The lowest BCUT2D eigenvalue weighted by Gasteiger charge is -2.12. The number of benzene rings is 3. The molecule has 0 saturated heterocycles. The molecule has 1 aromatic heterocycles. The molecule has 0 aliphatic carbocycles. The number of anilines is 1. The van der Waals surface area contributed by atoms with Crippen molar-refractivity contribution in [3.05, 3.63) is 95.4 Å². The number of halogens is 1. The average molecular weight is 513 g/mol. The highest BCUT2D eigenvalue weighted by atomic mass is 19.1. The van der Waals surface area contributed by atoms with Crippen LogP contribution in [0.15, 0.2) is 78.5 Å². The number of hydrogen-bond donors (Lipinski definition) is 3. The van der Waals surface area contributed by atoms with Gasteiger partial charge in [-0.15, -0.1) is 0 Å². The molecule has 9 heteroatoms. The van der Waals surface area contributed by atoms with E-state index in [1.54, 1.807) is 18.2 Å². The van der Waals surface area contributed by atoms with Gasteiger partial charge in [0.05, 0.1) is 7.11 Å². The quantitative estimate of drug-likeness (QED) is 0.212. The smallest absolute Gasteiger partial charge is 0.262 e. The standard InChI is InChI=1S/C29H25FN4O4/c1-37-27-15-19(6-11-26(27)38-18-28(35)34-23-9-7-22(30)8-10-23)14-21(16-31)29(36)32-13-12-20-17-33-25-5-3-2-4-24(20)25/h2-11,14-15,17,33H,12-13,18H2,1H3,(H,32,36)(H,34,35). The third-order valence-corrected chi connectivity index (χ3v) is 5.71. The number of hydrogen-bond acceptors (Lipinski definition) is 5. The molecule has 1 heterocycles. The predicted molar refractivity (Wildman–Crippen MR) is 142 cm³/mol. The number of methoxy groups -OCH3 is 1. The van der Waals surface area contributed by atoms with E-state index in [2.05, 4.69) is 15.6 Å². The number of nitriles is 1. The van der Waals surface area contributed by atoms with Crippen molar-refractivity contribution in [3.63, 3.8) is 0 Å². The van der Waals surface area contributed by atoms with Crippen LogP contribution in [-0.2, 0) is 16.0 Å². The van der Waals surface area contributed by atoms with E-state index in [0.717, 1.165) is 16.5 Å². The van der Waals surface area contributed by atoms with Gasteiger partial charge in [-0.2, -0.15) is 5.26 Å². The Labute approximate surface area is 218 Å². The fourth-order valence-corrected chi connectivity index (χ4v) is 3.83. The van der Waals surface area contributed by atoms with Gasteiger partial charge in [0.1, 0.15) is 17.5 Å². The molecular weight excluding hydrogens is 487 g/mol. The van der Waals surface area contributed by atoms with Crippen molar-refractivity contribution in [2.75, 3.05) is 25.6 Å². The van der Waals surface area contributed by atoms with Gasteiger partial charge in [0.15, 0.2) is 18.1 Å². The lowest BCUT2D eigenvalue weighted by molar-refractivity contribution is -0.118. The molecule has 0 atom stereocenters. The highest BCUT2D eigenvalue weighted by Crippen LogP contribution is 2.29. The van der Waals surface area contributed by atoms with Gasteiger partial charge in [-0.25, -0.2) is 4.39 Å². The van der Waals surface area contributed by atoms with Gasteiger partial charge in [0.25, 0.3) is 11.8 Å². The van der Waals surface area contributed by atoms with Gasteiger partial charge >= 0.3 is 0 Å². The molecule has 0 fully saturated rings. The summed E-state index contributed by atoms with van der Waals surface area (Å²) in [6.45, 7) is 0.0704. The monoisotopic (exact) mass is 512 g/mol. The van der Waals surface area contributed by atoms with Crippen LogP contribution in [0, 0.1) is 17.1 Å². The van der Waals surface area contributed by atoms with Crippen molar-refractivity contribution < 1.29 is 23.5 Å². The van der Waals surface area contributed by atoms with Crippen LogP contribution in [-0.4, -0.2) is 37.1 Å². The van der Waals surface area contributed by atoms with Crippen LogP contribution in [0.5, 0.6) is 11.5 Å². The van der Waals surface area contributed by atoms with Crippen molar-refractivity contribution in [2.24, 2.45) is 0 Å². The molecule has 3 N–H and O–H groups in total. The lowest BCUT2D eigenvalue weighted by atomic mass is 10.1. The Kier molecular flexibility index (Phi) is 8.36. The largest absolute Gasteiger partial charge is 0.493 e. The summed E-state index contributed by atoms with van der Waals surface area (Å²) in [5, 5.41) is 16.0. The zero-order valence-electron chi connectivity index (χ0n) is 20.6. The maximum absolute atomic E-state index is 13.0. The number of H-pyrrole nitrogens is 1. The topological polar surface area (TPSA) is 116 Å². The normalized spacial score (nSPS) is 11.0. The Morgan fingerprint density at radius 3 is 2.63 bits per heavy atom. The van der Waals surface area contributed by atoms with Gasteiger partial charge in [0.2, 0.25) is 0 Å². The van der Waals surface area contributed by atoms with Crippen LogP contribution < -0.4 is 20.1 Å². The number of carbonyl (C=O) groups excluding carboxylic acids is 2. The second kappa shape index (κ2) is 12.2. The molecule has 0 unspecified atom stereocenters. The lowest BCUT2D eigenvalue weighted by Crippen LogP contribution is -2.26. The second-order valence-electron chi connectivity index (χ2n) is 8.29. The maximum atomic E-state index is 13.0. The van der Waals surface area contributed by atoms with Crippen LogP contribution >= 0.6 is 0 Å². The summed E-state index contributed by atoms with van der Waals surface area (Å²) in [6.07, 6.45) is 3.98. The van der Waals surface area contributed by atoms with E-state index in [0.29, 0.717) is 35.7 Å². The molecular formula is C29H25FN4O4. The number of ether oxygens (including phenoxy) is 2. The van der Waals surface area contributed by atoms with E-state index >= 15 is 0 Å². The number of nitrogens with zero attached hydrogens (tertiary/aromatic N) is 1. The summed E-state index contributed by atoms with van der Waals surface area (Å²) in [4.78, 5) is 28.0. The summed E-state index contributed by atoms with van der Waals surface area (Å²) in [5.41, 5.74) is 3.04. The SMILES string of the molecule is COc1cc(C=C(C#N)C(=O)NCCc2c[nH]c3ccccc23)ccc1OCC(=O)Nc1ccc(F)cc1. The fraction of sp³-hybridized carbons (Fsp3) is 0.138. The van der Waals surface area contributed by atoms with E-state index in [4.69, 9.17) is 9.47 Å². The Morgan fingerprint density at radius 2 is 1.87 bits per heavy atom. The number of nitrogens with one attached hydrogen (secondary N) is 3. The first-order valence-corrected chi connectivity index (χ1v) is 11.8. The van der Waals surface area contributed by atoms with Gasteiger partial charge in [-0.1, -0.05) is 24.3 Å². The number of amides is 2. The third-order valence-electron chi connectivity index (χ3n) is 5.71. The highest BCUT2D eigenvalue weighted by molar-refractivity contribution is 6.01. The molecule has 4 aromatic rings. The number of carbonyl (C=O) groups is 2. The van der Waals surface area contributed by atoms with Crippen LogP contribution in [0.1, 0.15) is 11.1 Å². The summed E-state index contributed by atoms with van der Waals surface area (Å²) < 4.78 is 23.9. The van der Waals surface area contributed by atoms with E-state index < -0.39 is 17.6 Å². The Bertz CT molecular complexity index is 1520. The molecule has 0 spiro atoms. The Balaban J connectivity index is 1.34. The molecule has 0 bridgehead atoms. The van der Waals surface area contributed by atoms with Crippen LogP contribution in [0.25, 0.3) is 17.0 Å². The zero-order chi connectivity index (χ0) is 26.9. The first-order chi connectivity index (χ1) is 18.5. The molecule has 8 nitrogen and oxygen atoms in total. The fourth-order valence-electron chi connectivity index (χ4n) is 3.83. The first kappa shape index (κ1) is 26.0. The minimum Gasteiger partial charge on any atom is -0.493 e. The average Bonchev–Trinajstić information content (AvgIpc) is 3.35. The molecule has 0 aliphatic heterocycles. The van der Waals surface area contributed by atoms with Crippen LogP contribution in [0.2, 0.25) is 0 Å². The van der Waals surface area contributed by atoms with E-state index in [1.165, 1.54) is 37.5 Å². The number of rotatable bonds is 10. The van der Waals surface area contributed by atoms with Crippen molar-refractivity contribution in [1.29, 1.82) is 5.26 Å². The molecule has 38 heavy (non-hydrogen) atoms. The van der Waals surface area contributed by atoms with Crippen LogP contribution in [0.4, 0.5) is 10.1 Å². The molecule has 0 aliphatic rings. The van der Waals surface area contributed by atoms with Gasteiger partial charge in [-0.3, -0.25) is 9.59 Å². The highest BCUT2D eigenvalue weighted by Gasteiger charge is 2.12. The molecule has 192 valence electrons. The van der Waals surface area contributed by atoms with E-state index in [-0.39, 0.29) is 12.2 Å². The number of fused-ring (bicyclic) bond motifs is 1. The van der Waals surface area contributed by atoms with Crippen molar-refractivity contribution >= 4 is 34.5 Å². The number of aromatic amines is 1. The third kappa shape index (κ3) is 6.56. The second-order valence-corrected chi connectivity index (χ2v) is 8.29. The summed E-state index contributed by atoms with van der Waals surface area (Å²) in [5.74, 6) is -0.686. The summed E-state index contributed by atoms with van der Waals surface area (Å²) >= 11 is 0. The minimum atomic E-state index is -0.482. The van der Waals surface area contributed by atoms with E-state index in [1.807, 2.05) is 36.5 Å². The summed E-state index contributed by atoms with van der Waals surface area (Å²) in [6, 6.07) is 20.1. The van der Waals surface area contributed by atoms with Crippen molar-refractivity contribution in [1.82, 2.24) is 10.3 Å². The number of aromatic nitrogens is 1. The molecule has 3 aromatic carbocycles. The molecule has 2 amide bonds. The van der Waals surface area contributed by atoms with Crippen molar-refractivity contribution in [2.45, 2.75) is 6.42 Å². The molecule has 0 saturated carbocycles. The molecule has 4 rings (SSSR count). The first-order valence-electron chi connectivity index (χ1n) is 11.8. The summed E-state index contributed by atoms with van der Waals surface area (Å²) in [7, 11) is 1.44. The van der Waals surface area contributed by atoms with E-state index in [9.17, 15) is 19.2 Å². The molecule has 0 radical (unpaired) electrons. The van der Waals surface area contributed by atoms with Crippen LogP contribution in [0.3, 0.4) is 0 Å². The number of para-hydroxylation sites is 1. The maximum Gasteiger partial charge on any atom is 0.262 e. The minimum absolute atomic E-state index is 0.0571. The van der Waals surface area contributed by atoms with Gasteiger partial charge < -0.3 is 25.1 Å².